The zero-order valence-electron chi connectivity index (χ0n) is 12.1. The number of hydrogen-bond acceptors (Lipinski definition) is 4. The van der Waals surface area contributed by atoms with Crippen molar-refractivity contribution in [2.75, 3.05) is 6.54 Å². The smallest absolute Gasteiger partial charge is 0.233 e. The highest BCUT2D eigenvalue weighted by molar-refractivity contribution is 8.00. The predicted octanol–water partition coefficient (Wildman–Crippen LogP) is 2.30. The molecule has 0 spiro atoms. The molecule has 1 amide bonds. The number of nitrogens with one attached hydrogen (secondary N) is 1. The maximum Gasteiger partial charge on any atom is 0.233 e. The molecule has 1 aliphatic rings. The van der Waals surface area contributed by atoms with E-state index in [2.05, 4.69) is 21.6 Å². The lowest BCUT2D eigenvalue weighted by atomic mass is 9.97. The summed E-state index contributed by atoms with van der Waals surface area (Å²) in [6.07, 6.45) is 9.93. The molecule has 110 valence electrons. The zero-order chi connectivity index (χ0) is 14.4. The first-order chi connectivity index (χ1) is 9.66. The van der Waals surface area contributed by atoms with Crippen molar-refractivity contribution >= 4 is 17.7 Å². The number of thioether (sulfide) groups is 1. The van der Waals surface area contributed by atoms with E-state index >= 15 is 0 Å². The zero-order valence-corrected chi connectivity index (χ0v) is 12.9. The number of rotatable bonds is 6. The van der Waals surface area contributed by atoms with Gasteiger partial charge in [-0.3, -0.25) is 4.79 Å². The van der Waals surface area contributed by atoms with Gasteiger partial charge in [0.1, 0.15) is 6.33 Å². The van der Waals surface area contributed by atoms with E-state index in [1.165, 1.54) is 43.0 Å². The van der Waals surface area contributed by atoms with Gasteiger partial charge in [0.25, 0.3) is 0 Å². The third kappa shape index (κ3) is 4.37. The molecule has 0 aromatic carbocycles. The van der Waals surface area contributed by atoms with Crippen LogP contribution in [0.15, 0.2) is 23.1 Å². The molecule has 1 atom stereocenters. The second kappa shape index (κ2) is 7.47. The number of hydrogen-bond donors (Lipinski definition) is 1. The summed E-state index contributed by atoms with van der Waals surface area (Å²) in [4.78, 5) is 12.0. The van der Waals surface area contributed by atoms with Gasteiger partial charge in [-0.2, -0.15) is 0 Å². The van der Waals surface area contributed by atoms with Gasteiger partial charge in [-0.1, -0.05) is 23.4 Å². The number of allylic oxidation sites excluding steroid dienone is 1. The van der Waals surface area contributed by atoms with Gasteiger partial charge in [-0.05, 0) is 39.0 Å². The van der Waals surface area contributed by atoms with Crippen LogP contribution in [-0.4, -0.2) is 32.5 Å². The molecule has 1 aromatic heterocycles. The van der Waals surface area contributed by atoms with Crippen LogP contribution in [0.3, 0.4) is 0 Å². The molecule has 20 heavy (non-hydrogen) atoms. The topological polar surface area (TPSA) is 59.8 Å². The van der Waals surface area contributed by atoms with E-state index in [0.29, 0.717) is 0 Å². The average molecular weight is 294 g/mol. The number of aryl methyl sites for hydroxylation is 1. The van der Waals surface area contributed by atoms with Crippen LogP contribution in [0.2, 0.25) is 0 Å². The van der Waals surface area contributed by atoms with Crippen molar-refractivity contribution in [3.05, 3.63) is 18.0 Å². The van der Waals surface area contributed by atoms with E-state index in [-0.39, 0.29) is 11.2 Å². The molecule has 0 saturated heterocycles. The van der Waals surface area contributed by atoms with Crippen molar-refractivity contribution in [1.82, 2.24) is 20.1 Å². The first-order valence-electron chi connectivity index (χ1n) is 7.13. The Morgan fingerprint density at radius 1 is 1.55 bits per heavy atom. The minimum absolute atomic E-state index is 0.0643. The molecule has 1 N–H and O–H groups in total. The number of aromatic nitrogens is 3. The summed E-state index contributed by atoms with van der Waals surface area (Å²) in [7, 11) is 1.88. The highest BCUT2D eigenvalue weighted by Gasteiger charge is 2.16. The van der Waals surface area contributed by atoms with Crippen molar-refractivity contribution < 1.29 is 4.79 Å². The van der Waals surface area contributed by atoms with Crippen LogP contribution in [0.1, 0.15) is 39.0 Å². The minimum atomic E-state index is -0.154. The van der Waals surface area contributed by atoms with Crippen LogP contribution >= 0.6 is 11.8 Å². The predicted molar refractivity (Wildman–Crippen MR) is 80.5 cm³/mol. The SMILES string of the molecule is C[C@H](Sc1nncn1C)C(=O)NCCC1=CCCCC1. The fourth-order valence-corrected chi connectivity index (χ4v) is 3.03. The normalized spacial score (nSPS) is 16.6. The Labute approximate surface area is 124 Å². The van der Waals surface area contributed by atoms with E-state index in [9.17, 15) is 4.79 Å². The lowest BCUT2D eigenvalue weighted by Crippen LogP contribution is -2.32. The fourth-order valence-electron chi connectivity index (χ4n) is 2.21. The Hall–Kier alpha value is -1.30. The van der Waals surface area contributed by atoms with Crippen molar-refractivity contribution in [2.24, 2.45) is 7.05 Å². The first-order valence-corrected chi connectivity index (χ1v) is 8.01. The Morgan fingerprint density at radius 3 is 3.05 bits per heavy atom. The molecule has 1 aliphatic carbocycles. The van der Waals surface area contributed by atoms with Crippen LogP contribution < -0.4 is 5.32 Å². The van der Waals surface area contributed by atoms with Crippen LogP contribution in [0.25, 0.3) is 0 Å². The minimum Gasteiger partial charge on any atom is -0.355 e. The van der Waals surface area contributed by atoms with Crippen molar-refractivity contribution in [2.45, 2.75) is 49.4 Å². The Balaban J connectivity index is 1.71. The van der Waals surface area contributed by atoms with E-state index < -0.39 is 0 Å². The Bertz CT molecular complexity index is 483. The molecule has 0 bridgehead atoms. The van der Waals surface area contributed by atoms with Crippen LogP contribution in [0.5, 0.6) is 0 Å². The van der Waals surface area contributed by atoms with Crippen LogP contribution in [-0.2, 0) is 11.8 Å². The van der Waals surface area contributed by atoms with Crippen LogP contribution in [0.4, 0.5) is 0 Å². The van der Waals surface area contributed by atoms with Gasteiger partial charge in [0.15, 0.2) is 5.16 Å². The molecule has 0 fully saturated rings. The van der Waals surface area contributed by atoms with E-state index in [4.69, 9.17) is 0 Å². The van der Waals surface area contributed by atoms with Gasteiger partial charge in [0.2, 0.25) is 5.91 Å². The number of carbonyl (C=O) groups excluding carboxylic acids is 1. The van der Waals surface area contributed by atoms with Crippen LogP contribution in [0, 0.1) is 0 Å². The van der Waals surface area contributed by atoms with Crippen molar-refractivity contribution in [3.8, 4) is 0 Å². The third-order valence-electron chi connectivity index (χ3n) is 3.45. The molecular formula is C14H22N4OS. The summed E-state index contributed by atoms with van der Waals surface area (Å²) in [6, 6.07) is 0. The second-order valence-electron chi connectivity index (χ2n) is 5.13. The maximum absolute atomic E-state index is 12.0. The van der Waals surface area contributed by atoms with Gasteiger partial charge in [0.05, 0.1) is 5.25 Å². The highest BCUT2D eigenvalue weighted by Crippen LogP contribution is 2.21. The molecule has 0 aliphatic heterocycles. The first kappa shape index (κ1) is 15.1. The molecule has 6 heteroatoms. The highest BCUT2D eigenvalue weighted by atomic mass is 32.2. The summed E-state index contributed by atoms with van der Waals surface area (Å²) in [6.45, 7) is 2.63. The lowest BCUT2D eigenvalue weighted by Gasteiger charge is -2.14. The van der Waals surface area contributed by atoms with E-state index in [1.54, 1.807) is 6.33 Å². The second-order valence-corrected chi connectivity index (χ2v) is 6.44. The average Bonchev–Trinajstić information content (AvgIpc) is 2.85. The molecule has 0 radical (unpaired) electrons. The summed E-state index contributed by atoms with van der Waals surface area (Å²) < 4.78 is 1.82. The molecule has 2 rings (SSSR count). The van der Waals surface area contributed by atoms with Gasteiger partial charge in [-0.15, -0.1) is 10.2 Å². The summed E-state index contributed by atoms with van der Waals surface area (Å²) in [5.41, 5.74) is 1.49. The monoisotopic (exact) mass is 294 g/mol. The molecular weight excluding hydrogens is 272 g/mol. The summed E-state index contributed by atoms with van der Waals surface area (Å²) in [5.74, 6) is 0.0643. The van der Waals surface area contributed by atoms with Gasteiger partial charge >= 0.3 is 0 Å². The van der Waals surface area contributed by atoms with Gasteiger partial charge in [-0.25, -0.2) is 0 Å². The third-order valence-corrected chi connectivity index (χ3v) is 4.60. The molecule has 0 unspecified atom stereocenters. The number of nitrogens with zero attached hydrogens (tertiary/aromatic N) is 3. The fraction of sp³-hybridized carbons (Fsp3) is 0.643. The molecule has 5 nitrogen and oxygen atoms in total. The molecule has 1 heterocycles. The molecule has 1 aromatic rings. The Kier molecular flexibility index (Phi) is 5.64. The maximum atomic E-state index is 12.0. The van der Waals surface area contributed by atoms with Crippen molar-refractivity contribution in [3.63, 3.8) is 0 Å². The quantitative estimate of drug-likeness (QED) is 0.646. The van der Waals surface area contributed by atoms with E-state index in [1.807, 2.05) is 18.5 Å². The van der Waals surface area contributed by atoms with Crippen molar-refractivity contribution in [1.29, 1.82) is 0 Å². The standard InChI is InChI=1S/C14H22N4OS/c1-11(20-14-17-16-10-18(14)2)13(19)15-9-8-12-6-4-3-5-7-12/h6,10-11H,3-5,7-9H2,1-2H3,(H,15,19)/t11-/m0/s1. The van der Waals surface area contributed by atoms with E-state index in [0.717, 1.165) is 18.1 Å². The number of amides is 1. The molecule has 0 saturated carbocycles. The van der Waals surface area contributed by atoms with Gasteiger partial charge in [0, 0.05) is 13.6 Å². The summed E-state index contributed by atoms with van der Waals surface area (Å²) in [5, 5.41) is 11.4. The largest absolute Gasteiger partial charge is 0.355 e. The number of carbonyl (C=O) groups is 1. The van der Waals surface area contributed by atoms with Gasteiger partial charge < -0.3 is 9.88 Å². The Morgan fingerprint density at radius 2 is 2.40 bits per heavy atom. The summed E-state index contributed by atoms with van der Waals surface area (Å²) >= 11 is 1.43. The lowest BCUT2D eigenvalue weighted by molar-refractivity contribution is -0.120.